The van der Waals surface area contributed by atoms with Crippen molar-refractivity contribution in [2.24, 2.45) is 0 Å². The Kier molecular flexibility index (Phi) is 7.05. The quantitative estimate of drug-likeness (QED) is 0.156. The summed E-state index contributed by atoms with van der Waals surface area (Å²) in [5.74, 6) is -2.09. The zero-order valence-electron chi connectivity index (χ0n) is 18.3. The maximum Gasteiger partial charge on any atom is 0.573 e. The van der Waals surface area contributed by atoms with Gasteiger partial charge in [0.1, 0.15) is 17.3 Å². The van der Waals surface area contributed by atoms with E-state index in [4.69, 9.17) is 0 Å². The van der Waals surface area contributed by atoms with Gasteiger partial charge in [-0.3, -0.25) is 9.52 Å². The fourth-order valence-corrected chi connectivity index (χ4v) is 4.82. The molecule has 0 bridgehead atoms. The number of nitrogens with one attached hydrogen (secondary N) is 2. The van der Waals surface area contributed by atoms with Crippen LogP contribution in [-0.2, 0) is 10.0 Å². The Balaban J connectivity index is 1.47. The van der Waals surface area contributed by atoms with E-state index >= 15 is 0 Å². The van der Waals surface area contributed by atoms with Gasteiger partial charge in [-0.2, -0.15) is 0 Å². The molecule has 0 unspecified atom stereocenters. The number of nitrogens with zero attached hydrogens (tertiary/aromatic N) is 1. The monoisotopic (exact) mass is 553 g/mol. The van der Waals surface area contributed by atoms with Crippen molar-refractivity contribution in [3.05, 3.63) is 82.9 Å². The molecular weight excluding hydrogens is 538 g/mol. The molecule has 1 heterocycles. The van der Waals surface area contributed by atoms with Crippen molar-refractivity contribution >= 4 is 38.6 Å². The van der Waals surface area contributed by atoms with E-state index in [0.29, 0.717) is 11.3 Å². The van der Waals surface area contributed by atoms with E-state index in [1.54, 1.807) is 0 Å². The molecule has 3 N–H and O–H groups in total. The van der Waals surface area contributed by atoms with Gasteiger partial charge in [0.15, 0.2) is 5.01 Å². The molecule has 0 fully saturated rings. The Morgan fingerprint density at radius 2 is 1.68 bits per heavy atom. The summed E-state index contributed by atoms with van der Waals surface area (Å²) in [6.45, 7) is 0. The Hall–Kier alpha value is -4.17. The number of phenolic OH excluding ortho intramolecular Hbond substituents is 1. The van der Waals surface area contributed by atoms with E-state index in [1.807, 2.05) is 0 Å². The van der Waals surface area contributed by atoms with Gasteiger partial charge in [0, 0.05) is 16.6 Å². The number of ether oxygens (including phenoxy) is 1. The molecule has 0 aliphatic rings. The average molecular weight is 554 g/mol. The lowest BCUT2D eigenvalue weighted by Crippen LogP contribution is -2.16. The molecule has 1 amide bonds. The predicted molar refractivity (Wildman–Crippen MR) is 128 cm³/mol. The molecule has 37 heavy (non-hydrogen) atoms. The first-order chi connectivity index (χ1) is 17.4. The van der Waals surface area contributed by atoms with Gasteiger partial charge in [0.05, 0.1) is 16.3 Å². The van der Waals surface area contributed by atoms with Crippen molar-refractivity contribution in [1.82, 2.24) is 4.98 Å². The van der Waals surface area contributed by atoms with Crippen LogP contribution in [0.3, 0.4) is 0 Å². The van der Waals surface area contributed by atoms with E-state index in [9.17, 15) is 35.9 Å². The van der Waals surface area contributed by atoms with Crippen molar-refractivity contribution in [3.8, 4) is 22.8 Å². The second-order valence-corrected chi connectivity index (χ2v) is 9.90. The molecule has 0 atom stereocenters. The Morgan fingerprint density at radius 1 is 1.00 bits per heavy atom. The van der Waals surface area contributed by atoms with Crippen LogP contribution in [0.15, 0.2) is 77.0 Å². The van der Waals surface area contributed by atoms with Crippen LogP contribution >= 0.6 is 11.3 Å². The number of carbonyl (C=O) groups is 1. The first kappa shape index (κ1) is 25.9. The number of anilines is 2. The van der Waals surface area contributed by atoms with E-state index in [1.165, 1.54) is 29.6 Å². The number of hydrogen-bond acceptors (Lipinski definition) is 7. The smallest absolute Gasteiger partial charge is 0.506 e. The van der Waals surface area contributed by atoms with E-state index < -0.39 is 39.6 Å². The zero-order chi connectivity index (χ0) is 26.8. The molecule has 1 aromatic heterocycles. The number of aromatic hydroxyl groups is 1. The third-order valence-corrected chi connectivity index (χ3v) is 6.93. The summed E-state index contributed by atoms with van der Waals surface area (Å²) in [6, 6.07) is 12.7. The molecule has 4 aromatic rings. The molecule has 0 spiro atoms. The van der Waals surface area contributed by atoms with E-state index in [0.717, 1.165) is 53.8 Å². The number of benzene rings is 3. The summed E-state index contributed by atoms with van der Waals surface area (Å²) in [5.41, 5.74) is 0.687. The van der Waals surface area contributed by atoms with Crippen LogP contribution in [0.5, 0.6) is 11.5 Å². The van der Waals surface area contributed by atoms with Gasteiger partial charge in [-0.25, -0.2) is 17.8 Å². The number of phenols is 1. The Labute approximate surface area is 211 Å². The highest BCUT2D eigenvalue weighted by molar-refractivity contribution is 7.92. The number of aromatic nitrogens is 1. The first-order valence-corrected chi connectivity index (χ1v) is 12.5. The molecule has 0 aliphatic heterocycles. The molecule has 0 saturated carbocycles. The van der Waals surface area contributed by atoms with Crippen LogP contribution in [0.1, 0.15) is 9.80 Å². The van der Waals surface area contributed by atoms with Crippen molar-refractivity contribution in [2.45, 2.75) is 11.3 Å². The summed E-state index contributed by atoms with van der Waals surface area (Å²) in [7, 11) is -4.16. The number of thiazole rings is 1. The minimum Gasteiger partial charge on any atom is -0.506 e. The maximum absolute atomic E-state index is 13.1. The van der Waals surface area contributed by atoms with Gasteiger partial charge in [-0.15, -0.1) is 24.5 Å². The number of carbonyl (C=O) groups excluding carboxylic acids is 1. The minimum absolute atomic E-state index is 0.0205. The van der Waals surface area contributed by atoms with Crippen LogP contribution in [0, 0.1) is 5.82 Å². The van der Waals surface area contributed by atoms with Crippen molar-refractivity contribution in [1.29, 1.82) is 0 Å². The lowest BCUT2D eigenvalue weighted by molar-refractivity contribution is -0.274. The highest BCUT2D eigenvalue weighted by atomic mass is 32.2. The summed E-state index contributed by atoms with van der Waals surface area (Å²) in [5, 5.41) is 14.2. The normalized spacial score (nSPS) is 11.7. The average Bonchev–Trinajstić information content (AvgIpc) is 3.31. The summed E-state index contributed by atoms with van der Waals surface area (Å²) in [6.07, 6.45) is -4.82. The molecule has 0 radical (unpaired) electrons. The van der Waals surface area contributed by atoms with Crippen molar-refractivity contribution in [3.63, 3.8) is 0 Å². The molecule has 192 valence electrons. The SMILES string of the molecule is O=C(Nc1ccc(O)c(NS(=O)(=O)c2ccc(F)cc2)c1)c1nc(-c2ccc(OC(F)(F)F)cc2)cs1. The second-order valence-electron chi connectivity index (χ2n) is 7.36. The molecule has 0 aliphatic carbocycles. The summed E-state index contributed by atoms with van der Waals surface area (Å²) < 4.78 is 81.1. The summed E-state index contributed by atoms with van der Waals surface area (Å²) in [4.78, 5) is 16.6. The minimum atomic E-state index is -4.82. The number of alkyl halides is 3. The van der Waals surface area contributed by atoms with Gasteiger partial charge in [-0.1, -0.05) is 0 Å². The lowest BCUT2D eigenvalue weighted by Gasteiger charge is -2.12. The molecular formula is C23H15F4N3O5S2. The van der Waals surface area contributed by atoms with Crippen molar-refractivity contribution in [2.75, 3.05) is 10.0 Å². The third kappa shape index (κ3) is 6.54. The number of halogens is 4. The number of rotatable bonds is 7. The zero-order valence-corrected chi connectivity index (χ0v) is 19.9. The molecule has 0 saturated heterocycles. The standard InChI is InChI=1S/C23H15F4N3O5S2/c24-14-3-8-17(9-4-14)37(33,34)30-18-11-15(5-10-20(18)31)28-21(32)22-29-19(12-36-22)13-1-6-16(7-2-13)35-23(25,26)27/h1-12,30-31H,(H,28,32). The van der Waals surface area contributed by atoms with Gasteiger partial charge in [0.25, 0.3) is 15.9 Å². The van der Waals surface area contributed by atoms with Gasteiger partial charge in [-0.05, 0) is 66.7 Å². The topological polar surface area (TPSA) is 118 Å². The lowest BCUT2D eigenvalue weighted by atomic mass is 10.2. The predicted octanol–water partition coefficient (Wildman–Crippen LogP) is 5.61. The van der Waals surface area contributed by atoms with Crippen LogP contribution in [-0.4, -0.2) is 30.8 Å². The number of sulfonamides is 1. The molecule has 14 heteroatoms. The van der Waals surface area contributed by atoms with Gasteiger partial charge in [0.2, 0.25) is 0 Å². The maximum atomic E-state index is 13.1. The highest BCUT2D eigenvalue weighted by Crippen LogP contribution is 2.31. The van der Waals surface area contributed by atoms with Gasteiger partial charge >= 0.3 is 6.36 Å². The van der Waals surface area contributed by atoms with Crippen molar-refractivity contribution < 1.29 is 40.6 Å². The fraction of sp³-hybridized carbons (Fsp3) is 0.0435. The van der Waals surface area contributed by atoms with Crippen LogP contribution in [0.4, 0.5) is 28.9 Å². The first-order valence-electron chi connectivity index (χ1n) is 10.1. The molecule has 4 rings (SSSR count). The van der Waals surface area contributed by atoms with Crippen LogP contribution in [0.2, 0.25) is 0 Å². The molecule has 8 nitrogen and oxygen atoms in total. The Morgan fingerprint density at radius 3 is 2.32 bits per heavy atom. The number of hydrogen-bond donors (Lipinski definition) is 3. The largest absolute Gasteiger partial charge is 0.573 e. The van der Waals surface area contributed by atoms with E-state index in [-0.39, 0.29) is 21.3 Å². The summed E-state index contributed by atoms with van der Waals surface area (Å²) >= 11 is 0.976. The fourth-order valence-electron chi connectivity index (χ4n) is 3.04. The molecule has 3 aromatic carbocycles. The highest BCUT2D eigenvalue weighted by Gasteiger charge is 2.31. The Bertz CT molecular complexity index is 1540. The van der Waals surface area contributed by atoms with Gasteiger partial charge < -0.3 is 15.2 Å². The number of amides is 1. The van der Waals surface area contributed by atoms with Crippen LogP contribution < -0.4 is 14.8 Å². The van der Waals surface area contributed by atoms with E-state index in [2.05, 4.69) is 19.8 Å². The third-order valence-electron chi connectivity index (χ3n) is 4.70. The van der Waals surface area contributed by atoms with Crippen LogP contribution in [0.25, 0.3) is 11.3 Å². The second kappa shape index (κ2) is 10.1.